The van der Waals surface area contributed by atoms with Crippen molar-refractivity contribution in [1.82, 2.24) is 15.1 Å². The number of likely N-dealkylation sites (N-methyl/N-ethyl adjacent to an activating group) is 1. The van der Waals surface area contributed by atoms with Crippen LogP contribution in [-0.2, 0) is 11.3 Å². The highest BCUT2D eigenvalue weighted by Crippen LogP contribution is 2.15. The number of anilines is 1. The van der Waals surface area contributed by atoms with Crippen LogP contribution < -0.4 is 10.6 Å². The zero-order valence-corrected chi connectivity index (χ0v) is 18.3. The molecule has 1 heterocycles. The molecule has 2 aromatic rings. The molecule has 170 valence electrons. The lowest BCUT2D eigenvalue weighted by Gasteiger charge is -2.32. The van der Waals surface area contributed by atoms with Gasteiger partial charge in [-0.3, -0.25) is 19.7 Å². The minimum absolute atomic E-state index is 0.0478. The summed E-state index contributed by atoms with van der Waals surface area (Å²) in [5.74, 6) is 0.00213. The molecule has 0 aliphatic carbocycles. The Morgan fingerprint density at radius 1 is 1.00 bits per heavy atom. The molecule has 2 aromatic carbocycles. The van der Waals surface area contributed by atoms with Crippen molar-refractivity contribution in [3.63, 3.8) is 0 Å². The van der Waals surface area contributed by atoms with Crippen LogP contribution in [0.3, 0.4) is 0 Å². The zero-order valence-electron chi connectivity index (χ0n) is 18.3. The molecule has 0 bridgehead atoms. The van der Waals surface area contributed by atoms with E-state index in [1.165, 1.54) is 12.1 Å². The molecule has 0 aromatic heterocycles. The number of carbonyl (C=O) groups is 2. The molecule has 9 heteroatoms. The van der Waals surface area contributed by atoms with Crippen molar-refractivity contribution in [2.45, 2.75) is 19.4 Å². The number of nitrogens with zero attached hydrogens (tertiary/aromatic N) is 3. The summed E-state index contributed by atoms with van der Waals surface area (Å²) in [6, 6.07) is 13.6. The third-order valence-electron chi connectivity index (χ3n) is 5.47. The van der Waals surface area contributed by atoms with E-state index in [0.717, 1.165) is 37.4 Å². The van der Waals surface area contributed by atoms with Crippen LogP contribution in [0.4, 0.5) is 11.4 Å². The van der Waals surface area contributed by atoms with E-state index >= 15 is 0 Å². The summed E-state index contributed by atoms with van der Waals surface area (Å²) in [6.07, 6.45) is 1.02. The number of nitro groups is 1. The molecular formula is C23H29N5O4. The Labute approximate surface area is 187 Å². The Kier molecular flexibility index (Phi) is 8.15. The number of hydrogen-bond donors (Lipinski definition) is 2. The molecule has 0 spiro atoms. The van der Waals surface area contributed by atoms with Crippen molar-refractivity contribution in [2.24, 2.45) is 0 Å². The van der Waals surface area contributed by atoms with Gasteiger partial charge in [0.2, 0.25) is 5.91 Å². The van der Waals surface area contributed by atoms with Crippen LogP contribution in [0.1, 0.15) is 28.8 Å². The SMILES string of the molecule is CN1CCN(C(=O)c2ccc(CNC(=O)CCCNc3ccc([N+](=O)[O-])cc3)cc2)CC1. The number of hydrogen-bond acceptors (Lipinski definition) is 6. The van der Waals surface area contributed by atoms with Gasteiger partial charge in [0, 0.05) is 69.1 Å². The van der Waals surface area contributed by atoms with Gasteiger partial charge in [0.25, 0.3) is 11.6 Å². The van der Waals surface area contributed by atoms with E-state index in [1.807, 2.05) is 29.2 Å². The van der Waals surface area contributed by atoms with Crippen molar-refractivity contribution in [2.75, 3.05) is 45.1 Å². The van der Waals surface area contributed by atoms with E-state index in [2.05, 4.69) is 22.6 Å². The smallest absolute Gasteiger partial charge is 0.269 e. The number of benzene rings is 2. The number of rotatable bonds is 9. The molecule has 1 fully saturated rings. The van der Waals surface area contributed by atoms with Gasteiger partial charge >= 0.3 is 0 Å². The van der Waals surface area contributed by atoms with Crippen LogP contribution in [0.5, 0.6) is 0 Å². The van der Waals surface area contributed by atoms with E-state index in [1.54, 1.807) is 12.1 Å². The fraction of sp³-hybridized carbons (Fsp3) is 0.391. The van der Waals surface area contributed by atoms with Crippen molar-refractivity contribution in [3.8, 4) is 0 Å². The molecule has 0 saturated carbocycles. The quantitative estimate of drug-likeness (QED) is 0.353. The van der Waals surface area contributed by atoms with Gasteiger partial charge in [-0.1, -0.05) is 12.1 Å². The highest BCUT2D eigenvalue weighted by molar-refractivity contribution is 5.94. The number of non-ortho nitro benzene ring substituents is 1. The van der Waals surface area contributed by atoms with Crippen molar-refractivity contribution < 1.29 is 14.5 Å². The fourth-order valence-electron chi connectivity index (χ4n) is 3.43. The number of carbonyl (C=O) groups excluding carboxylic acids is 2. The molecular weight excluding hydrogens is 410 g/mol. The Balaban J connectivity index is 1.34. The van der Waals surface area contributed by atoms with Gasteiger partial charge in [0.15, 0.2) is 0 Å². The predicted molar refractivity (Wildman–Crippen MR) is 123 cm³/mol. The number of piperazine rings is 1. The molecule has 2 amide bonds. The average molecular weight is 440 g/mol. The normalized spacial score (nSPS) is 14.1. The lowest BCUT2D eigenvalue weighted by Crippen LogP contribution is -2.47. The molecule has 1 aliphatic rings. The van der Waals surface area contributed by atoms with E-state index in [9.17, 15) is 19.7 Å². The minimum atomic E-state index is -0.437. The van der Waals surface area contributed by atoms with Gasteiger partial charge in [-0.2, -0.15) is 0 Å². The first kappa shape index (κ1) is 23.2. The fourth-order valence-corrected chi connectivity index (χ4v) is 3.43. The van der Waals surface area contributed by atoms with Crippen molar-refractivity contribution in [1.29, 1.82) is 0 Å². The highest BCUT2D eigenvalue weighted by atomic mass is 16.6. The summed E-state index contributed by atoms with van der Waals surface area (Å²) in [4.78, 5) is 39.0. The van der Waals surface area contributed by atoms with Crippen LogP contribution in [0.15, 0.2) is 48.5 Å². The van der Waals surface area contributed by atoms with Gasteiger partial charge < -0.3 is 20.4 Å². The maximum absolute atomic E-state index is 12.6. The summed E-state index contributed by atoms with van der Waals surface area (Å²) in [5.41, 5.74) is 2.44. The van der Waals surface area contributed by atoms with Crippen LogP contribution >= 0.6 is 0 Å². The van der Waals surface area contributed by atoms with E-state index < -0.39 is 4.92 Å². The summed E-state index contributed by atoms with van der Waals surface area (Å²) < 4.78 is 0. The highest BCUT2D eigenvalue weighted by Gasteiger charge is 2.20. The molecule has 1 aliphatic heterocycles. The van der Waals surface area contributed by atoms with E-state index in [0.29, 0.717) is 31.5 Å². The van der Waals surface area contributed by atoms with Crippen LogP contribution in [-0.4, -0.2) is 66.3 Å². The Morgan fingerprint density at radius 2 is 1.66 bits per heavy atom. The first-order valence-corrected chi connectivity index (χ1v) is 10.7. The Bertz CT molecular complexity index is 922. The summed E-state index contributed by atoms with van der Waals surface area (Å²) >= 11 is 0. The summed E-state index contributed by atoms with van der Waals surface area (Å²) in [5, 5.41) is 16.7. The van der Waals surface area contributed by atoms with E-state index in [4.69, 9.17) is 0 Å². The first-order chi connectivity index (χ1) is 15.4. The van der Waals surface area contributed by atoms with Gasteiger partial charge in [-0.05, 0) is 43.3 Å². The maximum Gasteiger partial charge on any atom is 0.269 e. The third kappa shape index (κ3) is 6.78. The lowest BCUT2D eigenvalue weighted by atomic mass is 10.1. The summed E-state index contributed by atoms with van der Waals surface area (Å²) in [6.45, 7) is 4.27. The van der Waals surface area contributed by atoms with Crippen LogP contribution in [0, 0.1) is 10.1 Å². The van der Waals surface area contributed by atoms with Crippen molar-refractivity contribution >= 4 is 23.2 Å². The molecule has 0 atom stereocenters. The van der Waals surface area contributed by atoms with Gasteiger partial charge in [-0.25, -0.2) is 0 Å². The molecule has 2 N–H and O–H groups in total. The predicted octanol–water partition coefficient (Wildman–Crippen LogP) is 2.49. The third-order valence-corrected chi connectivity index (χ3v) is 5.47. The molecule has 9 nitrogen and oxygen atoms in total. The number of amides is 2. The molecule has 0 radical (unpaired) electrons. The summed E-state index contributed by atoms with van der Waals surface area (Å²) in [7, 11) is 2.06. The van der Waals surface area contributed by atoms with Crippen LogP contribution in [0.25, 0.3) is 0 Å². The average Bonchev–Trinajstić information content (AvgIpc) is 2.81. The Morgan fingerprint density at radius 3 is 2.28 bits per heavy atom. The van der Waals surface area contributed by atoms with Gasteiger partial charge in [0.05, 0.1) is 4.92 Å². The zero-order chi connectivity index (χ0) is 22.9. The van der Waals surface area contributed by atoms with E-state index in [-0.39, 0.29) is 17.5 Å². The maximum atomic E-state index is 12.6. The number of nitro benzene ring substituents is 1. The molecule has 32 heavy (non-hydrogen) atoms. The largest absolute Gasteiger partial charge is 0.385 e. The molecule has 3 rings (SSSR count). The molecule has 1 saturated heterocycles. The van der Waals surface area contributed by atoms with Crippen molar-refractivity contribution in [3.05, 3.63) is 69.8 Å². The standard InChI is InChI=1S/C23H29N5O4/c1-26-13-15-27(16-14-26)23(30)19-6-4-18(5-7-19)17-25-22(29)3-2-12-24-20-8-10-21(11-9-20)28(31)32/h4-11,24H,2-3,12-17H2,1H3,(H,25,29). The second-order valence-electron chi connectivity index (χ2n) is 7.90. The number of nitrogens with one attached hydrogen (secondary N) is 2. The van der Waals surface area contributed by atoms with Gasteiger partial charge in [-0.15, -0.1) is 0 Å². The Hall–Kier alpha value is -3.46. The minimum Gasteiger partial charge on any atom is -0.385 e. The monoisotopic (exact) mass is 439 g/mol. The van der Waals surface area contributed by atoms with Crippen LogP contribution in [0.2, 0.25) is 0 Å². The van der Waals surface area contributed by atoms with Gasteiger partial charge in [0.1, 0.15) is 0 Å². The molecule has 0 unspecified atom stereocenters. The second-order valence-corrected chi connectivity index (χ2v) is 7.90. The lowest BCUT2D eigenvalue weighted by molar-refractivity contribution is -0.384. The topological polar surface area (TPSA) is 108 Å². The second kappa shape index (κ2) is 11.2. The first-order valence-electron chi connectivity index (χ1n) is 10.7.